The second-order valence-electron chi connectivity index (χ2n) is 11.2. The first kappa shape index (κ1) is 39.6. The van der Waals surface area contributed by atoms with Gasteiger partial charge in [-0.05, 0) is 31.2 Å². The van der Waals surface area contributed by atoms with Crippen LogP contribution in [0.25, 0.3) is 38.5 Å². The van der Waals surface area contributed by atoms with Gasteiger partial charge in [-0.25, -0.2) is 20.0 Å². The van der Waals surface area contributed by atoms with Crippen LogP contribution in [0.4, 0.5) is 27.5 Å². The number of aromatic nitrogens is 4. The first-order valence-corrected chi connectivity index (χ1v) is 17.2. The van der Waals surface area contributed by atoms with Crippen molar-refractivity contribution in [2.24, 2.45) is 5.84 Å². The summed E-state index contributed by atoms with van der Waals surface area (Å²) in [6.07, 6.45) is 5.96. The van der Waals surface area contributed by atoms with E-state index in [0.29, 0.717) is 28.3 Å². The molecule has 0 atom stereocenters. The lowest BCUT2D eigenvalue weighted by Gasteiger charge is -2.24. The zero-order valence-electron chi connectivity index (χ0n) is 27.6. The van der Waals surface area contributed by atoms with Crippen molar-refractivity contribution in [3.05, 3.63) is 145 Å². The van der Waals surface area contributed by atoms with Gasteiger partial charge in [-0.3, -0.25) is 25.1 Å². The number of rotatable bonds is 6. The predicted octanol–water partition coefficient (Wildman–Crippen LogP) is 9.39. The number of H-pyrrole nitrogens is 1. The third-order valence-electron chi connectivity index (χ3n) is 7.93. The Balaban J connectivity index is 0.000000276. The van der Waals surface area contributed by atoms with Gasteiger partial charge in [-0.2, -0.15) is 0 Å². The highest BCUT2D eigenvalue weighted by molar-refractivity contribution is 6.42. The highest BCUT2D eigenvalue weighted by Gasteiger charge is 2.25. The number of nitrogen functional groups attached to an aromatic ring is 1. The summed E-state index contributed by atoms with van der Waals surface area (Å²) in [5, 5.41) is 7.86. The van der Waals surface area contributed by atoms with Crippen molar-refractivity contribution in [2.45, 2.75) is 14.4 Å². The topological polar surface area (TPSA) is 174 Å². The Morgan fingerprint density at radius 3 is 2.19 bits per heavy atom. The molecular weight excluding hydrogens is 774 g/mol. The molecule has 54 heavy (non-hydrogen) atoms. The van der Waals surface area contributed by atoms with E-state index >= 15 is 0 Å². The molecule has 0 spiro atoms. The maximum absolute atomic E-state index is 14.1. The van der Waals surface area contributed by atoms with Gasteiger partial charge in [0.15, 0.2) is 0 Å². The van der Waals surface area contributed by atoms with E-state index in [-0.39, 0.29) is 50.9 Å². The number of hydrazine groups is 1. The summed E-state index contributed by atoms with van der Waals surface area (Å²) in [5.74, 6) is 6.50. The molecule has 7 aromatic rings. The van der Waals surface area contributed by atoms with Crippen LogP contribution < -0.4 is 33.2 Å². The molecule has 0 radical (unpaired) electrons. The van der Waals surface area contributed by atoms with Crippen LogP contribution in [-0.2, 0) is 4.74 Å². The van der Waals surface area contributed by atoms with Crippen LogP contribution in [0.2, 0.25) is 20.1 Å². The van der Waals surface area contributed by atoms with E-state index in [1.54, 1.807) is 43.7 Å². The molecule has 0 aliphatic carbocycles. The van der Waals surface area contributed by atoms with Crippen molar-refractivity contribution >= 4 is 96.8 Å². The van der Waals surface area contributed by atoms with E-state index in [9.17, 15) is 14.4 Å². The fraction of sp³-hybridized carbons (Fsp3) is 0.0789. The summed E-state index contributed by atoms with van der Waals surface area (Å²) >= 11 is 24.8. The third-order valence-corrected chi connectivity index (χ3v) is 9.20. The van der Waals surface area contributed by atoms with Crippen molar-refractivity contribution in [3.8, 4) is 16.9 Å². The average molecular weight is 807 g/mol. The first-order chi connectivity index (χ1) is 25.5. The molecule has 0 aliphatic heterocycles. The standard InChI is InChI=1S/C25H16Cl4N6O2.C12H12N2O2.CH4/c26-14-8-18(29)21(30)19(9-14)35(31)23-22(12-5-6-16(27)17(28)7-12)33-25(37)34(24(23)36)20-11-32-10-13-3-1-2-4-15(13)20;1-2-16-12(15)14-11-8-13-7-9-5-3-4-6-10(9)11;/h1-11H,30-31H2,(H,33,37);3-8H,2H2,1H3,(H,14,15);1H4. The van der Waals surface area contributed by atoms with Crippen LogP contribution in [0.15, 0.2) is 113 Å². The number of nitrogens with zero attached hydrogens (tertiary/aromatic N) is 4. The molecule has 0 bridgehead atoms. The SMILES string of the molecule is C.CCOC(=O)Nc1cncc2ccccc12.Nc1c(Cl)cc(Cl)cc1N(N)c1c(-c2ccc(Cl)c(Cl)c2)[nH]c(=O)n(-c2cncc3ccccc23)c1=O. The number of anilines is 4. The average Bonchev–Trinajstić information content (AvgIpc) is 3.14. The zero-order valence-corrected chi connectivity index (χ0v) is 30.6. The van der Waals surface area contributed by atoms with Crippen molar-refractivity contribution in [1.82, 2.24) is 19.5 Å². The van der Waals surface area contributed by atoms with Crippen LogP contribution in [0.1, 0.15) is 14.4 Å². The number of amides is 1. The number of carbonyl (C=O) groups excluding carboxylic acids is 1. The Morgan fingerprint density at radius 2 is 1.50 bits per heavy atom. The molecule has 4 aromatic carbocycles. The van der Waals surface area contributed by atoms with Crippen LogP contribution in [0.3, 0.4) is 0 Å². The quantitative estimate of drug-likeness (QED) is 0.0725. The summed E-state index contributed by atoms with van der Waals surface area (Å²) in [4.78, 5) is 49.8. The number of pyridine rings is 2. The molecular formula is C38H32Cl4N8O4. The number of hydrogen-bond acceptors (Lipinski definition) is 9. The lowest BCUT2D eigenvalue weighted by atomic mass is 10.1. The van der Waals surface area contributed by atoms with Gasteiger partial charge in [0.1, 0.15) is 5.69 Å². The van der Waals surface area contributed by atoms with E-state index in [0.717, 1.165) is 25.7 Å². The number of halogens is 4. The number of benzene rings is 4. The molecule has 0 unspecified atom stereocenters. The Labute approximate surface area is 328 Å². The van der Waals surface area contributed by atoms with Crippen molar-refractivity contribution in [1.29, 1.82) is 0 Å². The Kier molecular flexibility index (Phi) is 12.5. The molecule has 276 valence electrons. The summed E-state index contributed by atoms with van der Waals surface area (Å²) in [5.41, 5.74) is 6.19. The molecule has 12 nitrogen and oxygen atoms in total. The highest BCUT2D eigenvalue weighted by Crippen LogP contribution is 2.38. The molecule has 0 saturated heterocycles. The minimum atomic E-state index is -0.749. The van der Waals surface area contributed by atoms with Gasteiger partial charge < -0.3 is 15.5 Å². The van der Waals surface area contributed by atoms with Gasteiger partial charge in [0, 0.05) is 44.5 Å². The second-order valence-corrected chi connectivity index (χ2v) is 12.9. The van der Waals surface area contributed by atoms with Crippen LogP contribution in [-0.4, -0.2) is 32.2 Å². The minimum absolute atomic E-state index is 0. The lowest BCUT2D eigenvalue weighted by molar-refractivity contribution is 0.168. The minimum Gasteiger partial charge on any atom is -0.450 e. The molecule has 3 heterocycles. The molecule has 0 fully saturated rings. The Morgan fingerprint density at radius 1 is 0.852 bits per heavy atom. The molecule has 7 rings (SSSR count). The van der Waals surface area contributed by atoms with Gasteiger partial charge in [-0.15, -0.1) is 0 Å². The van der Waals surface area contributed by atoms with Crippen molar-refractivity contribution in [3.63, 3.8) is 0 Å². The van der Waals surface area contributed by atoms with Crippen LogP contribution in [0, 0.1) is 0 Å². The van der Waals surface area contributed by atoms with Crippen molar-refractivity contribution in [2.75, 3.05) is 22.7 Å². The molecule has 16 heteroatoms. The highest BCUT2D eigenvalue weighted by atomic mass is 35.5. The van der Waals surface area contributed by atoms with E-state index in [1.165, 1.54) is 30.5 Å². The number of nitrogens with two attached hydrogens (primary N) is 2. The largest absolute Gasteiger partial charge is 0.450 e. The number of ether oxygens (including phenoxy) is 1. The van der Waals surface area contributed by atoms with Gasteiger partial charge >= 0.3 is 11.8 Å². The normalized spacial score (nSPS) is 10.6. The number of aromatic amines is 1. The molecule has 0 saturated carbocycles. The molecule has 6 N–H and O–H groups in total. The lowest BCUT2D eigenvalue weighted by Crippen LogP contribution is -2.41. The fourth-order valence-corrected chi connectivity index (χ4v) is 6.27. The van der Waals surface area contributed by atoms with E-state index < -0.39 is 17.3 Å². The summed E-state index contributed by atoms with van der Waals surface area (Å²) in [7, 11) is 0. The number of fused-ring (bicyclic) bond motifs is 2. The molecule has 1 amide bonds. The third kappa shape index (κ3) is 8.13. The smallest absolute Gasteiger partial charge is 0.411 e. The summed E-state index contributed by atoms with van der Waals surface area (Å²) in [6.45, 7) is 2.12. The van der Waals surface area contributed by atoms with E-state index in [2.05, 4.69) is 20.3 Å². The first-order valence-electron chi connectivity index (χ1n) is 15.7. The van der Waals surface area contributed by atoms with Gasteiger partial charge in [0.25, 0.3) is 5.56 Å². The maximum atomic E-state index is 14.1. The number of carbonyl (C=O) groups is 1. The van der Waals surface area contributed by atoms with Gasteiger partial charge in [0.05, 0.1) is 62.5 Å². The fourth-order valence-electron chi connectivity index (χ4n) is 5.49. The summed E-state index contributed by atoms with van der Waals surface area (Å²) in [6, 6.07) is 22.5. The van der Waals surface area contributed by atoms with Crippen molar-refractivity contribution < 1.29 is 9.53 Å². The Bertz CT molecular complexity index is 2620. The molecule has 3 aromatic heterocycles. The summed E-state index contributed by atoms with van der Waals surface area (Å²) < 4.78 is 5.77. The number of nitrogens with one attached hydrogen (secondary N) is 2. The second kappa shape index (κ2) is 17.0. The van der Waals surface area contributed by atoms with E-state index in [4.69, 9.17) is 62.7 Å². The monoisotopic (exact) mass is 804 g/mol. The maximum Gasteiger partial charge on any atom is 0.411 e. The van der Waals surface area contributed by atoms with Gasteiger partial charge in [-0.1, -0.05) is 108 Å². The number of hydrogen-bond donors (Lipinski definition) is 4. The van der Waals surface area contributed by atoms with E-state index in [1.807, 2.05) is 36.4 Å². The predicted molar refractivity (Wildman–Crippen MR) is 220 cm³/mol. The van der Waals surface area contributed by atoms with Crippen LogP contribution >= 0.6 is 46.4 Å². The molecule has 0 aliphatic rings. The van der Waals surface area contributed by atoms with Crippen LogP contribution in [0.5, 0.6) is 0 Å². The zero-order chi connectivity index (χ0) is 37.8. The van der Waals surface area contributed by atoms with Gasteiger partial charge in [0.2, 0.25) is 0 Å². The Hall–Kier alpha value is -5.63.